The second-order valence-electron chi connectivity index (χ2n) is 1.41. The van der Waals surface area contributed by atoms with E-state index in [1.165, 1.54) is 11.8 Å². The van der Waals surface area contributed by atoms with Crippen LogP contribution in [0.4, 0.5) is 0 Å². The van der Waals surface area contributed by atoms with E-state index in [0.29, 0.717) is 0 Å². The first-order valence-corrected chi connectivity index (χ1v) is 1.82. The molecular weight excluding hydrogens is 138 g/mol. The van der Waals surface area contributed by atoms with Gasteiger partial charge >= 0.3 is 23.1 Å². The monoisotopic (exact) mass is 149 g/mol. The van der Waals surface area contributed by atoms with Crippen molar-refractivity contribution in [3.05, 3.63) is 0 Å². The molecule has 0 atom stereocenters. The molecule has 0 fully saturated rings. The van der Waals surface area contributed by atoms with Gasteiger partial charge in [-0.05, 0) is 0 Å². The van der Waals surface area contributed by atoms with E-state index in [-0.39, 0.29) is 41.4 Å². The van der Waals surface area contributed by atoms with Crippen molar-refractivity contribution in [3.8, 4) is 0 Å². The third-order valence-corrected chi connectivity index (χ3v) is 0.630. The second-order valence-corrected chi connectivity index (χ2v) is 1.41. The van der Waals surface area contributed by atoms with Crippen LogP contribution < -0.4 is 0 Å². The standard InChI is InChI=1S/C4H9NO.ClH.Mg.2H/c1-4(6)5(2)3;;;;/h1-3H3;1H;;;. The molecule has 0 saturated heterocycles. The fraction of sp³-hybridized carbons (Fsp3) is 0.750. The van der Waals surface area contributed by atoms with Crippen molar-refractivity contribution < 1.29 is 4.79 Å². The molecule has 8 heavy (non-hydrogen) atoms. The molecule has 0 aliphatic heterocycles. The average Bonchev–Trinajstić information content (AvgIpc) is 1.36. The Bertz CT molecular complexity index is 67.1. The largest absolute Gasteiger partial charge is 0.349 e. The van der Waals surface area contributed by atoms with Crippen molar-refractivity contribution in [1.29, 1.82) is 0 Å². The number of amides is 1. The first-order chi connectivity index (χ1) is 2.64. The molecule has 0 N–H and O–H groups in total. The molecule has 0 aromatic rings. The van der Waals surface area contributed by atoms with Gasteiger partial charge in [-0.15, -0.1) is 12.4 Å². The molecule has 0 aliphatic carbocycles. The van der Waals surface area contributed by atoms with Gasteiger partial charge in [0.1, 0.15) is 0 Å². The number of hydrogen-bond donors (Lipinski definition) is 0. The molecule has 0 aliphatic rings. The highest BCUT2D eigenvalue weighted by Crippen LogP contribution is 1.69. The number of nitrogens with zero attached hydrogens (tertiary/aromatic N) is 1. The third kappa shape index (κ3) is 9.73. The topological polar surface area (TPSA) is 20.3 Å². The van der Waals surface area contributed by atoms with E-state index in [0.717, 1.165) is 0 Å². The Morgan fingerprint density at radius 3 is 1.50 bits per heavy atom. The Morgan fingerprint density at radius 2 is 1.50 bits per heavy atom. The van der Waals surface area contributed by atoms with Crippen LogP contribution in [0.1, 0.15) is 6.92 Å². The van der Waals surface area contributed by atoms with Gasteiger partial charge in [-0.1, -0.05) is 0 Å². The lowest BCUT2D eigenvalue weighted by Crippen LogP contribution is -2.17. The maximum absolute atomic E-state index is 10.1. The lowest BCUT2D eigenvalue weighted by molar-refractivity contribution is -0.126. The van der Waals surface area contributed by atoms with Crippen LogP contribution in [0, 0.1) is 0 Å². The van der Waals surface area contributed by atoms with Crippen LogP contribution in [0.2, 0.25) is 0 Å². The first-order valence-electron chi connectivity index (χ1n) is 1.82. The van der Waals surface area contributed by atoms with E-state index in [9.17, 15) is 4.79 Å². The van der Waals surface area contributed by atoms with Gasteiger partial charge in [0.15, 0.2) is 0 Å². The highest BCUT2D eigenvalue weighted by molar-refractivity contribution is 5.85. The Balaban J connectivity index is -0.000000125. The summed E-state index contributed by atoms with van der Waals surface area (Å²) in [4.78, 5) is 11.6. The zero-order chi connectivity index (χ0) is 5.15. The van der Waals surface area contributed by atoms with E-state index in [1.807, 2.05) is 0 Å². The fourth-order valence-electron chi connectivity index (χ4n) is 0. The Labute approximate surface area is 72.2 Å². The quantitative estimate of drug-likeness (QED) is 0.430. The predicted molar refractivity (Wildman–Crippen MR) is 40.2 cm³/mol. The minimum absolute atomic E-state index is 0. The molecule has 0 radical (unpaired) electrons. The van der Waals surface area contributed by atoms with Crippen molar-refractivity contribution >= 4 is 41.4 Å². The highest BCUT2D eigenvalue weighted by Gasteiger charge is 1.87. The number of halogens is 1. The summed E-state index contributed by atoms with van der Waals surface area (Å²) in [6, 6.07) is 0. The molecule has 0 heterocycles. The Morgan fingerprint density at radius 1 is 1.38 bits per heavy atom. The lowest BCUT2D eigenvalue weighted by Gasteiger charge is -2.02. The SMILES string of the molecule is CC(=O)N(C)C.Cl.[MgH2]. The van der Waals surface area contributed by atoms with E-state index >= 15 is 0 Å². The van der Waals surface area contributed by atoms with Gasteiger partial charge in [0.25, 0.3) is 0 Å². The summed E-state index contributed by atoms with van der Waals surface area (Å²) in [6.45, 7) is 1.53. The maximum Gasteiger partial charge on any atom is 0.316 e. The van der Waals surface area contributed by atoms with Crippen LogP contribution >= 0.6 is 12.4 Å². The molecule has 2 nitrogen and oxygen atoms in total. The average molecular weight is 150 g/mol. The smallest absolute Gasteiger partial charge is 0.316 e. The van der Waals surface area contributed by atoms with E-state index in [1.54, 1.807) is 14.1 Å². The molecule has 0 unspecified atom stereocenters. The fourth-order valence-corrected chi connectivity index (χ4v) is 0. The van der Waals surface area contributed by atoms with E-state index in [4.69, 9.17) is 0 Å². The summed E-state index contributed by atoms with van der Waals surface area (Å²) in [5.74, 6) is 0.0926. The van der Waals surface area contributed by atoms with Crippen LogP contribution in [-0.4, -0.2) is 48.0 Å². The summed E-state index contributed by atoms with van der Waals surface area (Å²) in [5, 5.41) is 0. The normalized spacial score (nSPS) is 5.88. The van der Waals surface area contributed by atoms with E-state index in [2.05, 4.69) is 0 Å². The van der Waals surface area contributed by atoms with Crippen molar-refractivity contribution in [2.75, 3.05) is 14.1 Å². The van der Waals surface area contributed by atoms with Crippen LogP contribution in [0.25, 0.3) is 0 Å². The molecule has 48 valence electrons. The molecule has 0 aromatic carbocycles. The van der Waals surface area contributed by atoms with Crippen molar-refractivity contribution in [2.24, 2.45) is 0 Å². The minimum Gasteiger partial charge on any atom is -0.349 e. The van der Waals surface area contributed by atoms with Gasteiger partial charge in [-0.2, -0.15) is 0 Å². The molecule has 4 heteroatoms. The molecule has 0 aromatic heterocycles. The zero-order valence-corrected chi connectivity index (χ0v) is 5.58. The number of carbonyl (C=O) groups excluding carboxylic acids is 1. The van der Waals surface area contributed by atoms with Crippen molar-refractivity contribution in [3.63, 3.8) is 0 Å². The molecule has 1 amide bonds. The number of rotatable bonds is 0. The van der Waals surface area contributed by atoms with Gasteiger partial charge in [-0.25, -0.2) is 0 Å². The van der Waals surface area contributed by atoms with E-state index < -0.39 is 0 Å². The van der Waals surface area contributed by atoms with Gasteiger partial charge in [0.2, 0.25) is 5.91 Å². The predicted octanol–water partition coefficient (Wildman–Crippen LogP) is -0.400. The Kier molecular flexibility index (Phi) is 14.9. The number of carbonyl (C=O) groups is 1. The molecular formula is C4H12ClMgNO. The molecule has 0 spiro atoms. The summed E-state index contributed by atoms with van der Waals surface area (Å²) in [5.41, 5.74) is 0. The molecule has 0 saturated carbocycles. The zero-order valence-electron chi connectivity index (χ0n) is 4.76. The van der Waals surface area contributed by atoms with Crippen LogP contribution in [-0.2, 0) is 4.79 Å². The lowest BCUT2D eigenvalue weighted by atomic mass is 10.7. The van der Waals surface area contributed by atoms with Crippen LogP contribution in [0.3, 0.4) is 0 Å². The Hall–Kier alpha value is 0.526. The van der Waals surface area contributed by atoms with Crippen LogP contribution in [0.15, 0.2) is 0 Å². The minimum atomic E-state index is 0. The molecule has 0 bridgehead atoms. The van der Waals surface area contributed by atoms with Crippen LogP contribution in [0.5, 0.6) is 0 Å². The van der Waals surface area contributed by atoms with Gasteiger partial charge in [0.05, 0.1) is 0 Å². The summed E-state index contributed by atoms with van der Waals surface area (Å²) >= 11 is 0. The molecule has 0 rings (SSSR count). The summed E-state index contributed by atoms with van der Waals surface area (Å²) in [6.07, 6.45) is 0. The summed E-state index contributed by atoms with van der Waals surface area (Å²) in [7, 11) is 3.45. The van der Waals surface area contributed by atoms with Crippen molar-refractivity contribution in [2.45, 2.75) is 6.92 Å². The van der Waals surface area contributed by atoms with Gasteiger partial charge < -0.3 is 4.90 Å². The number of hydrogen-bond acceptors (Lipinski definition) is 1. The second kappa shape index (κ2) is 7.53. The maximum atomic E-state index is 10.1. The van der Waals surface area contributed by atoms with Gasteiger partial charge in [-0.3, -0.25) is 4.79 Å². The van der Waals surface area contributed by atoms with Gasteiger partial charge in [0, 0.05) is 21.0 Å². The highest BCUT2D eigenvalue weighted by atomic mass is 35.5. The third-order valence-electron chi connectivity index (χ3n) is 0.630. The van der Waals surface area contributed by atoms with Crippen molar-refractivity contribution in [1.82, 2.24) is 4.90 Å². The first kappa shape index (κ1) is 15.8. The summed E-state index contributed by atoms with van der Waals surface area (Å²) < 4.78 is 0.